The molecule has 5 nitrogen and oxygen atoms in total. The molecule has 22 heavy (non-hydrogen) atoms. The van der Waals surface area contributed by atoms with Gasteiger partial charge in [0.2, 0.25) is 5.82 Å². The van der Waals surface area contributed by atoms with Gasteiger partial charge in [-0.1, -0.05) is 12.1 Å². The smallest absolute Gasteiger partial charge is 0.217 e. The average molecular weight is 301 g/mol. The van der Waals surface area contributed by atoms with Crippen molar-refractivity contribution in [2.45, 2.75) is 19.9 Å². The predicted molar refractivity (Wildman–Crippen MR) is 78.8 cm³/mol. The summed E-state index contributed by atoms with van der Waals surface area (Å²) in [5.41, 5.74) is 0.910. The maximum atomic E-state index is 13.0. The summed E-state index contributed by atoms with van der Waals surface area (Å²) in [7, 11) is 0. The third kappa shape index (κ3) is 3.07. The first-order valence-corrected chi connectivity index (χ1v) is 7.01. The van der Waals surface area contributed by atoms with E-state index in [2.05, 4.69) is 10.1 Å². The number of aliphatic hydroxyl groups is 1. The van der Waals surface area contributed by atoms with Crippen LogP contribution in [0, 0.1) is 12.7 Å². The minimum atomic E-state index is -0.273. The van der Waals surface area contributed by atoms with Gasteiger partial charge in [-0.05, 0) is 36.8 Å². The fourth-order valence-corrected chi connectivity index (χ4v) is 2.21. The zero-order chi connectivity index (χ0) is 15.5. The summed E-state index contributed by atoms with van der Waals surface area (Å²) in [5, 5.41) is 13.6. The Morgan fingerprint density at radius 3 is 2.59 bits per heavy atom. The molecule has 0 saturated heterocycles. The van der Waals surface area contributed by atoms with Crippen molar-refractivity contribution in [3.05, 3.63) is 59.4 Å². The minimum absolute atomic E-state index is 0.0151. The summed E-state index contributed by atoms with van der Waals surface area (Å²) in [6.07, 6.45) is 0.397. The highest BCUT2D eigenvalue weighted by molar-refractivity contribution is 5.46. The Morgan fingerprint density at radius 1 is 1.18 bits per heavy atom. The Bertz CT molecular complexity index is 762. The second kappa shape index (κ2) is 6.11. The molecule has 3 rings (SSSR count). The van der Waals surface area contributed by atoms with E-state index in [1.807, 2.05) is 19.1 Å². The fraction of sp³-hybridized carbons (Fsp3) is 0.250. The molecule has 0 aliphatic heterocycles. The molecule has 0 atom stereocenters. The number of aryl methyl sites for hydroxylation is 1. The van der Waals surface area contributed by atoms with Gasteiger partial charge in [-0.2, -0.15) is 0 Å². The first-order chi connectivity index (χ1) is 10.7. The number of nitrogens with zero attached hydrogens (tertiary/aromatic N) is 3. The molecular weight excluding hydrogens is 285 g/mol. The standard InChI is InChI=1S/C16H16FN3O2/c1-11-2-7-14(22-11)16-18-15(8-9-21)20(19-16)10-12-3-5-13(17)6-4-12/h2-7,21H,8-10H2,1H3. The molecule has 3 aromatic rings. The minimum Gasteiger partial charge on any atom is -0.458 e. The Balaban J connectivity index is 1.91. The van der Waals surface area contributed by atoms with Gasteiger partial charge in [0.1, 0.15) is 17.4 Å². The van der Waals surface area contributed by atoms with Crippen molar-refractivity contribution in [1.82, 2.24) is 14.8 Å². The van der Waals surface area contributed by atoms with Gasteiger partial charge in [-0.3, -0.25) is 0 Å². The lowest BCUT2D eigenvalue weighted by atomic mass is 10.2. The molecule has 6 heteroatoms. The SMILES string of the molecule is Cc1ccc(-c2nc(CCO)n(Cc3ccc(F)cc3)n2)o1. The van der Waals surface area contributed by atoms with Crippen molar-refractivity contribution in [2.75, 3.05) is 6.61 Å². The third-order valence-electron chi connectivity index (χ3n) is 3.29. The summed E-state index contributed by atoms with van der Waals surface area (Å²) in [5.74, 6) is 2.25. The van der Waals surface area contributed by atoms with Gasteiger partial charge >= 0.3 is 0 Å². The first kappa shape index (κ1) is 14.5. The number of hydrogen-bond acceptors (Lipinski definition) is 4. The van der Waals surface area contributed by atoms with Crippen LogP contribution in [-0.2, 0) is 13.0 Å². The molecule has 0 unspecified atom stereocenters. The van der Waals surface area contributed by atoms with E-state index in [4.69, 9.17) is 4.42 Å². The molecule has 2 aromatic heterocycles. The summed E-state index contributed by atoms with van der Waals surface area (Å²) in [6.45, 7) is 2.30. The van der Waals surface area contributed by atoms with E-state index in [1.54, 1.807) is 16.8 Å². The number of aliphatic hydroxyl groups excluding tert-OH is 1. The largest absolute Gasteiger partial charge is 0.458 e. The monoisotopic (exact) mass is 301 g/mol. The molecule has 0 radical (unpaired) electrons. The molecule has 0 fully saturated rings. The van der Waals surface area contributed by atoms with Crippen LogP contribution in [0.2, 0.25) is 0 Å². The molecule has 1 N–H and O–H groups in total. The molecule has 0 bridgehead atoms. The first-order valence-electron chi connectivity index (χ1n) is 7.01. The number of rotatable bonds is 5. The topological polar surface area (TPSA) is 64.1 Å². The Morgan fingerprint density at radius 2 is 1.95 bits per heavy atom. The molecule has 114 valence electrons. The number of benzene rings is 1. The van der Waals surface area contributed by atoms with Crippen molar-refractivity contribution >= 4 is 0 Å². The lowest BCUT2D eigenvalue weighted by molar-refractivity contribution is 0.294. The Hall–Kier alpha value is -2.47. The highest BCUT2D eigenvalue weighted by atomic mass is 19.1. The van der Waals surface area contributed by atoms with Crippen LogP contribution in [-0.4, -0.2) is 26.5 Å². The second-order valence-electron chi connectivity index (χ2n) is 5.02. The Kier molecular flexibility index (Phi) is 4.02. The van der Waals surface area contributed by atoms with Gasteiger partial charge in [-0.15, -0.1) is 5.10 Å². The van der Waals surface area contributed by atoms with E-state index in [1.165, 1.54) is 12.1 Å². The molecular formula is C16H16FN3O2. The molecule has 1 aromatic carbocycles. The van der Waals surface area contributed by atoms with Gasteiger partial charge in [0.25, 0.3) is 0 Å². The number of hydrogen-bond donors (Lipinski definition) is 1. The molecule has 0 saturated carbocycles. The Labute approximate surface area is 127 Å². The summed E-state index contributed by atoms with van der Waals surface area (Å²) < 4.78 is 20.2. The quantitative estimate of drug-likeness (QED) is 0.786. The lowest BCUT2D eigenvalue weighted by Gasteiger charge is -2.04. The zero-order valence-electron chi connectivity index (χ0n) is 12.2. The summed E-state index contributed by atoms with van der Waals surface area (Å²) in [6, 6.07) is 9.90. The normalized spacial score (nSPS) is 11.0. The van der Waals surface area contributed by atoms with E-state index >= 15 is 0 Å². The van der Waals surface area contributed by atoms with Gasteiger partial charge in [0.15, 0.2) is 5.76 Å². The van der Waals surface area contributed by atoms with Gasteiger partial charge in [0.05, 0.1) is 13.2 Å². The molecule has 0 amide bonds. The maximum Gasteiger partial charge on any atom is 0.217 e. The van der Waals surface area contributed by atoms with E-state index in [9.17, 15) is 9.50 Å². The van der Waals surface area contributed by atoms with Crippen LogP contribution in [0.25, 0.3) is 11.6 Å². The fourth-order valence-electron chi connectivity index (χ4n) is 2.21. The number of aromatic nitrogens is 3. The predicted octanol–water partition coefficient (Wildman–Crippen LogP) is 2.57. The van der Waals surface area contributed by atoms with E-state index < -0.39 is 0 Å². The molecule has 0 aliphatic rings. The van der Waals surface area contributed by atoms with Crippen molar-refractivity contribution < 1.29 is 13.9 Å². The van der Waals surface area contributed by atoms with E-state index in [-0.39, 0.29) is 12.4 Å². The highest BCUT2D eigenvalue weighted by Crippen LogP contribution is 2.19. The second-order valence-corrected chi connectivity index (χ2v) is 5.02. The summed E-state index contributed by atoms with van der Waals surface area (Å²) in [4.78, 5) is 4.42. The van der Waals surface area contributed by atoms with E-state index in [0.29, 0.717) is 30.4 Å². The number of furan rings is 1. The highest BCUT2D eigenvalue weighted by Gasteiger charge is 2.14. The van der Waals surface area contributed by atoms with Gasteiger partial charge < -0.3 is 9.52 Å². The van der Waals surface area contributed by atoms with Crippen LogP contribution in [0.3, 0.4) is 0 Å². The van der Waals surface area contributed by atoms with Crippen LogP contribution >= 0.6 is 0 Å². The van der Waals surface area contributed by atoms with Crippen LogP contribution in [0.15, 0.2) is 40.8 Å². The average Bonchev–Trinajstić information content (AvgIpc) is 3.09. The van der Waals surface area contributed by atoms with Crippen molar-refractivity contribution in [1.29, 1.82) is 0 Å². The van der Waals surface area contributed by atoms with Crippen molar-refractivity contribution in [3.8, 4) is 11.6 Å². The van der Waals surface area contributed by atoms with Crippen LogP contribution < -0.4 is 0 Å². The van der Waals surface area contributed by atoms with Crippen LogP contribution in [0.1, 0.15) is 17.1 Å². The van der Waals surface area contributed by atoms with E-state index in [0.717, 1.165) is 11.3 Å². The van der Waals surface area contributed by atoms with Crippen molar-refractivity contribution in [2.24, 2.45) is 0 Å². The third-order valence-corrected chi connectivity index (χ3v) is 3.29. The molecule has 0 aliphatic carbocycles. The lowest BCUT2D eigenvalue weighted by Crippen LogP contribution is -2.08. The maximum absolute atomic E-state index is 13.0. The molecule has 2 heterocycles. The number of halogens is 1. The zero-order valence-corrected chi connectivity index (χ0v) is 12.2. The van der Waals surface area contributed by atoms with Crippen LogP contribution in [0.5, 0.6) is 0 Å². The van der Waals surface area contributed by atoms with Gasteiger partial charge in [0, 0.05) is 6.42 Å². The van der Waals surface area contributed by atoms with Crippen molar-refractivity contribution in [3.63, 3.8) is 0 Å². The molecule has 0 spiro atoms. The van der Waals surface area contributed by atoms with Crippen LogP contribution in [0.4, 0.5) is 4.39 Å². The summed E-state index contributed by atoms with van der Waals surface area (Å²) >= 11 is 0. The van der Waals surface area contributed by atoms with Gasteiger partial charge in [-0.25, -0.2) is 14.1 Å².